The molecular weight excluding hydrogens is 265 g/mol. The summed E-state index contributed by atoms with van der Waals surface area (Å²) in [5, 5.41) is 0. The van der Waals surface area contributed by atoms with E-state index in [2.05, 4.69) is 29.2 Å². The van der Waals surface area contributed by atoms with E-state index in [-0.39, 0.29) is 11.8 Å². The van der Waals surface area contributed by atoms with E-state index in [0.717, 1.165) is 11.0 Å². The summed E-state index contributed by atoms with van der Waals surface area (Å²) in [7, 11) is 0. The normalized spacial score (nSPS) is 29.5. The SMILES string of the molecule is C=CCN1C[C@@H](CI)[C@H](C)C1=O. The summed E-state index contributed by atoms with van der Waals surface area (Å²) in [4.78, 5) is 13.4. The predicted molar refractivity (Wildman–Crippen MR) is 58.3 cm³/mol. The Morgan fingerprint density at radius 2 is 2.50 bits per heavy atom. The molecule has 3 heteroatoms. The summed E-state index contributed by atoms with van der Waals surface area (Å²) in [6, 6.07) is 0. The Balaban J connectivity index is 2.60. The zero-order valence-electron chi connectivity index (χ0n) is 7.29. The molecule has 2 nitrogen and oxygen atoms in total. The smallest absolute Gasteiger partial charge is 0.226 e. The lowest BCUT2D eigenvalue weighted by Gasteiger charge is -2.12. The molecule has 1 fully saturated rings. The highest BCUT2D eigenvalue weighted by atomic mass is 127. The van der Waals surface area contributed by atoms with E-state index in [9.17, 15) is 4.79 Å². The molecule has 0 aliphatic carbocycles. The van der Waals surface area contributed by atoms with Crippen LogP contribution in [0, 0.1) is 11.8 Å². The highest BCUT2D eigenvalue weighted by Gasteiger charge is 2.35. The number of likely N-dealkylation sites (tertiary alicyclic amines) is 1. The van der Waals surface area contributed by atoms with Gasteiger partial charge in [-0.05, 0) is 5.92 Å². The van der Waals surface area contributed by atoms with Crippen molar-refractivity contribution in [2.24, 2.45) is 11.8 Å². The lowest BCUT2D eigenvalue weighted by Crippen LogP contribution is -2.26. The molecule has 0 aromatic heterocycles. The zero-order valence-corrected chi connectivity index (χ0v) is 9.45. The molecule has 0 aromatic rings. The van der Waals surface area contributed by atoms with E-state index in [1.165, 1.54) is 0 Å². The molecule has 0 spiro atoms. The van der Waals surface area contributed by atoms with Crippen LogP contribution < -0.4 is 0 Å². The van der Waals surface area contributed by atoms with E-state index in [0.29, 0.717) is 12.5 Å². The summed E-state index contributed by atoms with van der Waals surface area (Å²) in [6.45, 7) is 7.28. The van der Waals surface area contributed by atoms with Gasteiger partial charge in [-0.2, -0.15) is 0 Å². The second-order valence-electron chi connectivity index (χ2n) is 3.23. The van der Waals surface area contributed by atoms with Crippen molar-refractivity contribution in [2.45, 2.75) is 6.92 Å². The number of carbonyl (C=O) groups excluding carboxylic acids is 1. The number of nitrogens with zero attached hydrogens (tertiary/aromatic N) is 1. The van der Waals surface area contributed by atoms with Gasteiger partial charge in [0.1, 0.15) is 0 Å². The van der Waals surface area contributed by atoms with E-state index in [1.807, 2.05) is 11.8 Å². The Morgan fingerprint density at radius 1 is 1.83 bits per heavy atom. The van der Waals surface area contributed by atoms with Gasteiger partial charge in [0.05, 0.1) is 0 Å². The van der Waals surface area contributed by atoms with Gasteiger partial charge >= 0.3 is 0 Å². The largest absolute Gasteiger partial charge is 0.338 e. The van der Waals surface area contributed by atoms with Gasteiger partial charge < -0.3 is 4.90 Å². The van der Waals surface area contributed by atoms with Crippen LogP contribution in [0.5, 0.6) is 0 Å². The minimum atomic E-state index is 0.210. The highest BCUT2D eigenvalue weighted by molar-refractivity contribution is 14.1. The fourth-order valence-electron chi connectivity index (χ4n) is 1.52. The Kier molecular flexibility index (Phi) is 3.55. The molecule has 1 heterocycles. The standard InChI is InChI=1S/C9H14INO/c1-3-4-11-6-8(5-10)7(2)9(11)12/h3,7-8H,1,4-6H2,2H3/t7-,8+/m0/s1. The Hall–Kier alpha value is -0.0600. The van der Waals surface area contributed by atoms with Crippen LogP contribution in [0.1, 0.15) is 6.92 Å². The summed E-state index contributed by atoms with van der Waals surface area (Å²) in [5.74, 6) is 1.04. The zero-order chi connectivity index (χ0) is 9.14. The first kappa shape index (κ1) is 10.0. The van der Waals surface area contributed by atoms with E-state index in [1.54, 1.807) is 6.08 Å². The molecule has 1 aliphatic heterocycles. The molecule has 1 saturated heterocycles. The second-order valence-corrected chi connectivity index (χ2v) is 4.12. The third-order valence-corrected chi connectivity index (χ3v) is 3.54. The van der Waals surface area contributed by atoms with E-state index >= 15 is 0 Å². The highest BCUT2D eigenvalue weighted by Crippen LogP contribution is 2.25. The maximum atomic E-state index is 11.5. The van der Waals surface area contributed by atoms with Gasteiger partial charge in [0.25, 0.3) is 0 Å². The summed E-state index contributed by atoms with van der Waals surface area (Å²) in [5.41, 5.74) is 0. The molecule has 2 atom stereocenters. The molecule has 68 valence electrons. The van der Waals surface area contributed by atoms with Gasteiger partial charge in [0, 0.05) is 23.4 Å². The fourth-order valence-corrected chi connectivity index (χ4v) is 2.56. The van der Waals surface area contributed by atoms with E-state index < -0.39 is 0 Å². The van der Waals surface area contributed by atoms with Gasteiger partial charge in [-0.15, -0.1) is 6.58 Å². The number of rotatable bonds is 3. The van der Waals surface area contributed by atoms with E-state index in [4.69, 9.17) is 0 Å². The minimum absolute atomic E-state index is 0.210. The lowest BCUT2D eigenvalue weighted by molar-refractivity contribution is -0.130. The predicted octanol–water partition coefficient (Wildman–Crippen LogP) is 1.70. The fraction of sp³-hybridized carbons (Fsp3) is 0.667. The first-order valence-electron chi connectivity index (χ1n) is 4.16. The van der Waals surface area contributed by atoms with Crippen LogP contribution in [0.4, 0.5) is 0 Å². The summed E-state index contributed by atoms with van der Waals surface area (Å²) >= 11 is 2.35. The lowest BCUT2D eigenvalue weighted by atomic mass is 10.0. The van der Waals surface area contributed by atoms with Crippen LogP contribution in [0.25, 0.3) is 0 Å². The van der Waals surface area contributed by atoms with Crippen molar-refractivity contribution < 1.29 is 4.79 Å². The number of halogens is 1. The number of alkyl halides is 1. The van der Waals surface area contributed by atoms with Crippen LogP contribution in [-0.4, -0.2) is 28.3 Å². The molecule has 0 saturated carbocycles. The molecule has 1 aliphatic rings. The van der Waals surface area contributed by atoms with Crippen LogP contribution in [0.3, 0.4) is 0 Å². The molecule has 0 aromatic carbocycles. The van der Waals surface area contributed by atoms with Crippen molar-refractivity contribution in [3.8, 4) is 0 Å². The molecule has 12 heavy (non-hydrogen) atoms. The first-order chi connectivity index (χ1) is 5.70. The van der Waals surface area contributed by atoms with Crippen molar-refractivity contribution in [1.82, 2.24) is 4.90 Å². The molecular formula is C9H14INO. The molecule has 1 rings (SSSR count). The number of hydrogen-bond donors (Lipinski definition) is 0. The van der Waals surface area contributed by atoms with Crippen LogP contribution in [0.2, 0.25) is 0 Å². The molecule has 1 amide bonds. The first-order valence-corrected chi connectivity index (χ1v) is 5.69. The number of hydrogen-bond acceptors (Lipinski definition) is 1. The molecule has 0 unspecified atom stereocenters. The van der Waals surface area contributed by atoms with Crippen LogP contribution >= 0.6 is 22.6 Å². The minimum Gasteiger partial charge on any atom is -0.338 e. The van der Waals surface area contributed by atoms with Crippen LogP contribution in [0.15, 0.2) is 12.7 Å². The number of amides is 1. The third kappa shape index (κ3) is 1.81. The second kappa shape index (κ2) is 4.25. The Bertz CT molecular complexity index is 193. The maximum Gasteiger partial charge on any atom is 0.226 e. The van der Waals surface area contributed by atoms with Crippen molar-refractivity contribution in [3.63, 3.8) is 0 Å². The van der Waals surface area contributed by atoms with Gasteiger partial charge in [0.2, 0.25) is 5.91 Å². The summed E-state index contributed by atoms with van der Waals surface area (Å²) in [6.07, 6.45) is 1.79. The molecule has 0 N–H and O–H groups in total. The van der Waals surface area contributed by atoms with Crippen molar-refractivity contribution in [3.05, 3.63) is 12.7 Å². The molecule has 0 bridgehead atoms. The quantitative estimate of drug-likeness (QED) is 0.437. The number of carbonyl (C=O) groups is 1. The maximum absolute atomic E-state index is 11.5. The van der Waals surface area contributed by atoms with Crippen LogP contribution in [-0.2, 0) is 4.79 Å². The van der Waals surface area contributed by atoms with Gasteiger partial charge in [0.15, 0.2) is 0 Å². The van der Waals surface area contributed by atoms with Crippen molar-refractivity contribution >= 4 is 28.5 Å². The average molecular weight is 279 g/mol. The van der Waals surface area contributed by atoms with Gasteiger partial charge in [-0.3, -0.25) is 4.79 Å². The van der Waals surface area contributed by atoms with Gasteiger partial charge in [-0.1, -0.05) is 35.6 Å². The molecule has 0 radical (unpaired) electrons. The van der Waals surface area contributed by atoms with Gasteiger partial charge in [-0.25, -0.2) is 0 Å². The third-order valence-electron chi connectivity index (χ3n) is 2.41. The Morgan fingerprint density at radius 3 is 2.92 bits per heavy atom. The Labute approximate surface area is 87.1 Å². The van der Waals surface area contributed by atoms with Crippen molar-refractivity contribution in [1.29, 1.82) is 0 Å². The monoisotopic (exact) mass is 279 g/mol. The topological polar surface area (TPSA) is 20.3 Å². The van der Waals surface area contributed by atoms with Crippen molar-refractivity contribution in [2.75, 3.05) is 17.5 Å². The average Bonchev–Trinajstić information content (AvgIpc) is 2.33. The summed E-state index contributed by atoms with van der Waals surface area (Å²) < 4.78 is 1.07.